The lowest BCUT2D eigenvalue weighted by atomic mass is 10.2. The number of rotatable bonds is 2. The van der Waals surface area contributed by atoms with Crippen LogP contribution in [0.4, 0.5) is 0 Å². The number of benzene rings is 1. The van der Waals surface area contributed by atoms with Crippen molar-refractivity contribution in [2.45, 2.75) is 0 Å². The summed E-state index contributed by atoms with van der Waals surface area (Å²) < 4.78 is 6.96. The fourth-order valence-electron chi connectivity index (χ4n) is 1.70. The molecule has 0 fully saturated rings. The van der Waals surface area contributed by atoms with Crippen LogP contribution in [0.25, 0.3) is 10.9 Å². The molecule has 0 bridgehead atoms. The predicted molar refractivity (Wildman–Crippen MR) is 59.7 cm³/mol. The van der Waals surface area contributed by atoms with Gasteiger partial charge in [0, 0.05) is 12.4 Å². The summed E-state index contributed by atoms with van der Waals surface area (Å²) in [6.45, 7) is 0. The van der Waals surface area contributed by atoms with Crippen molar-refractivity contribution in [3.05, 3.63) is 30.0 Å². The molecule has 15 heavy (non-hydrogen) atoms. The van der Waals surface area contributed by atoms with Crippen molar-refractivity contribution in [1.29, 1.82) is 0 Å². The van der Waals surface area contributed by atoms with Gasteiger partial charge in [-0.3, -0.25) is 4.79 Å². The maximum Gasteiger partial charge on any atom is 0.268 e. The maximum atomic E-state index is 11.1. The highest BCUT2D eigenvalue weighted by Crippen LogP contribution is 2.28. The fourth-order valence-corrected chi connectivity index (χ4v) is 1.88. The second kappa shape index (κ2) is 3.59. The van der Waals surface area contributed by atoms with E-state index in [1.54, 1.807) is 24.8 Å². The van der Waals surface area contributed by atoms with Crippen molar-refractivity contribution < 1.29 is 9.53 Å². The van der Waals surface area contributed by atoms with Crippen LogP contribution < -0.4 is 4.74 Å². The number of nitrogens with zero attached hydrogens (tertiary/aromatic N) is 1. The van der Waals surface area contributed by atoms with E-state index >= 15 is 0 Å². The van der Waals surface area contributed by atoms with Gasteiger partial charge < -0.3 is 9.30 Å². The summed E-state index contributed by atoms with van der Waals surface area (Å²) in [7, 11) is 3.40. The highest BCUT2D eigenvalue weighted by Gasteiger charge is 2.13. The predicted octanol–water partition coefficient (Wildman–Crippen LogP) is 2.57. The number of aromatic nitrogens is 1. The van der Waals surface area contributed by atoms with E-state index in [1.807, 2.05) is 18.2 Å². The highest BCUT2D eigenvalue weighted by molar-refractivity contribution is 6.67. The Morgan fingerprint density at radius 2 is 2.20 bits per heavy atom. The molecule has 78 valence electrons. The number of hydrogen-bond acceptors (Lipinski definition) is 2. The van der Waals surface area contributed by atoms with Crippen molar-refractivity contribution >= 4 is 27.7 Å². The first-order chi connectivity index (χ1) is 7.15. The van der Waals surface area contributed by atoms with Gasteiger partial charge in [-0.25, -0.2) is 0 Å². The molecule has 1 heterocycles. The van der Waals surface area contributed by atoms with Crippen molar-refractivity contribution in [2.24, 2.45) is 7.05 Å². The van der Waals surface area contributed by atoms with Crippen molar-refractivity contribution in [1.82, 2.24) is 4.57 Å². The molecule has 3 nitrogen and oxygen atoms in total. The lowest BCUT2D eigenvalue weighted by molar-refractivity contribution is 0.107. The number of carbonyl (C=O) groups is 1. The Kier molecular flexibility index (Phi) is 2.40. The van der Waals surface area contributed by atoms with Gasteiger partial charge in [0.2, 0.25) is 0 Å². The van der Waals surface area contributed by atoms with Crippen LogP contribution >= 0.6 is 11.6 Å². The van der Waals surface area contributed by atoms with Gasteiger partial charge in [-0.15, -0.1) is 0 Å². The Morgan fingerprint density at radius 1 is 1.47 bits per heavy atom. The van der Waals surface area contributed by atoms with Crippen LogP contribution in [0.5, 0.6) is 5.75 Å². The summed E-state index contributed by atoms with van der Waals surface area (Å²) in [4.78, 5) is 11.1. The van der Waals surface area contributed by atoms with E-state index in [2.05, 4.69) is 0 Å². The first kappa shape index (κ1) is 10.1. The molecule has 0 unspecified atom stereocenters. The second-order valence-corrected chi connectivity index (χ2v) is 3.60. The lowest BCUT2D eigenvalue weighted by Gasteiger charge is -2.02. The molecule has 0 amide bonds. The molecule has 0 saturated carbocycles. The number of halogens is 1. The molecule has 0 saturated heterocycles. The minimum atomic E-state index is -0.462. The summed E-state index contributed by atoms with van der Waals surface area (Å²) in [6, 6.07) is 7.39. The van der Waals surface area contributed by atoms with Gasteiger partial charge in [-0.2, -0.15) is 0 Å². The molecule has 0 aliphatic heterocycles. The fraction of sp³-hybridized carbons (Fsp3) is 0.182. The van der Waals surface area contributed by atoms with E-state index in [1.165, 1.54) is 0 Å². The average Bonchev–Trinajstić information content (AvgIpc) is 2.56. The van der Waals surface area contributed by atoms with E-state index < -0.39 is 5.24 Å². The van der Waals surface area contributed by atoms with E-state index in [0.717, 1.165) is 16.7 Å². The second-order valence-electron chi connectivity index (χ2n) is 3.26. The number of hydrogen-bond donors (Lipinski definition) is 0. The van der Waals surface area contributed by atoms with Gasteiger partial charge in [0.05, 0.1) is 12.6 Å². The van der Waals surface area contributed by atoms with Gasteiger partial charge in [0.15, 0.2) is 0 Å². The standard InChI is InChI=1S/C11H10ClNO2/c1-13-8-4-3-5-10(15-2)7(8)6-9(13)11(12)14/h3-6H,1-2H3. The topological polar surface area (TPSA) is 31.2 Å². The zero-order valence-electron chi connectivity index (χ0n) is 8.45. The molecule has 0 aliphatic rings. The van der Waals surface area contributed by atoms with Crippen LogP contribution in [-0.2, 0) is 7.05 Å². The zero-order chi connectivity index (χ0) is 11.0. The summed E-state index contributed by atoms with van der Waals surface area (Å²) in [5.41, 5.74) is 1.40. The third-order valence-electron chi connectivity index (χ3n) is 2.47. The monoisotopic (exact) mass is 223 g/mol. The maximum absolute atomic E-state index is 11.1. The van der Waals surface area contributed by atoms with Crippen LogP contribution in [0.1, 0.15) is 10.5 Å². The number of carbonyl (C=O) groups excluding carboxylic acids is 1. The molecule has 0 aliphatic carbocycles. The molecule has 0 radical (unpaired) electrons. The van der Waals surface area contributed by atoms with Gasteiger partial charge in [0.1, 0.15) is 11.4 Å². The van der Waals surface area contributed by atoms with Crippen molar-refractivity contribution in [3.63, 3.8) is 0 Å². The molecule has 2 aromatic rings. The molecule has 0 atom stereocenters. The van der Waals surface area contributed by atoms with Gasteiger partial charge in [0.25, 0.3) is 5.24 Å². The normalized spacial score (nSPS) is 10.6. The summed E-state index contributed by atoms with van der Waals surface area (Å²) in [5, 5.41) is 0.433. The van der Waals surface area contributed by atoms with Crippen LogP contribution in [-0.4, -0.2) is 16.9 Å². The number of methoxy groups -OCH3 is 1. The summed E-state index contributed by atoms with van der Waals surface area (Å²) in [5.74, 6) is 0.743. The Labute approximate surface area is 92.2 Å². The first-order valence-electron chi connectivity index (χ1n) is 4.47. The van der Waals surface area contributed by atoms with Gasteiger partial charge in [-0.05, 0) is 29.8 Å². The van der Waals surface area contributed by atoms with E-state index in [-0.39, 0.29) is 0 Å². The molecule has 1 aromatic heterocycles. The molecule has 1 aromatic carbocycles. The van der Waals surface area contributed by atoms with Crippen LogP contribution in [0, 0.1) is 0 Å². The zero-order valence-corrected chi connectivity index (χ0v) is 9.21. The van der Waals surface area contributed by atoms with Crippen molar-refractivity contribution in [3.8, 4) is 5.75 Å². The van der Waals surface area contributed by atoms with Crippen LogP contribution in [0.3, 0.4) is 0 Å². The summed E-state index contributed by atoms with van der Waals surface area (Å²) >= 11 is 5.47. The van der Waals surface area contributed by atoms with Crippen LogP contribution in [0.2, 0.25) is 0 Å². The van der Waals surface area contributed by atoms with E-state index in [9.17, 15) is 4.79 Å². The van der Waals surface area contributed by atoms with Crippen molar-refractivity contribution in [2.75, 3.05) is 7.11 Å². The third-order valence-corrected chi connectivity index (χ3v) is 2.66. The first-order valence-corrected chi connectivity index (χ1v) is 4.85. The SMILES string of the molecule is COc1cccc2c1cc(C(=O)Cl)n2C. The summed E-state index contributed by atoms with van der Waals surface area (Å²) in [6.07, 6.45) is 0. The smallest absolute Gasteiger partial charge is 0.268 e. The molecule has 2 rings (SSSR count). The highest BCUT2D eigenvalue weighted by atomic mass is 35.5. The molecule has 4 heteroatoms. The number of fused-ring (bicyclic) bond motifs is 1. The van der Waals surface area contributed by atoms with Gasteiger partial charge >= 0.3 is 0 Å². The molecule has 0 N–H and O–H groups in total. The number of ether oxygens (including phenoxy) is 1. The van der Waals surface area contributed by atoms with Crippen LogP contribution in [0.15, 0.2) is 24.3 Å². The Bertz CT molecular complexity index is 531. The molecular weight excluding hydrogens is 214 g/mol. The Balaban J connectivity index is 2.81. The lowest BCUT2D eigenvalue weighted by Crippen LogP contribution is -1.98. The minimum absolute atomic E-state index is 0.462. The van der Waals surface area contributed by atoms with E-state index in [4.69, 9.17) is 16.3 Å². The quantitative estimate of drug-likeness (QED) is 0.733. The largest absolute Gasteiger partial charge is 0.496 e. The molecule has 0 spiro atoms. The third kappa shape index (κ3) is 1.49. The van der Waals surface area contributed by atoms with Gasteiger partial charge in [-0.1, -0.05) is 6.07 Å². The van der Waals surface area contributed by atoms with E-state index in [0.29, 0.717) is 5.69 Å². The minimum Gasteiger partial charge on any atom is -0.496 e. The number of aryl methyl sites for hydroxylation is 1. The Morgan fingerprint density at radius 3 is 2.80 bits per heavy atom. The molecular formula is C11H10ClNO2. The average molecular weight is 224 g/mol. The Hall–Kier alpha value is -1.48.